The summed E-state index contributed by atoms with van der Waals surface area (Å²) < 4.78 is 13.9. The number of benzene rings is 3. The van der Waals surface area contributed by atoms with Crippen molar-refractivity contribution in [1.82, 2.24) is 9.88 Å². The van der Waals surface area contributed by atoms with E-state index in [4.69, 9.17) is 0 Å². The quantitative estimate of drug-likeness (QED) is 0.374. The molecule has 0 atom stereocenters. The highest BCUT2D eigenvalue weighted by Crippen LogP contribution is 2.29. The van der Waals surface area contributed by atoms with Crippen LogP contribution in [0, 0.1) is 11.7 Å². The molecule has 0 spiro atoms. The van der Waals surface area contributed by atoms with Gasteiger partial charge < -0.3 is 5.32 Å². The first kappa shape index (κ1) is 23.1. The fourth-order valence-corrected chi connectivity index (χ4v) is 5.17. The van der Waals surface area contributed by atoms with E-state index in [-0.39, 0.29) is 17.7 Å². The Morgan fingerprint density at radius 1 is 0.971 bits per heavy atom. The Balaban J connectivity index is 1.17. The van der Waals surface area contributed by atoms with Gasteiger partial charge in [-0.3, -0.25) is 19.8 Å². The minimum absolute atomic E-state index is 0.00950. The number of nitrogens with one attached hydrogen (secondary N) is 2. The normalized spacial score (nSPS) is 14.7. The van der Waals surface area contributed by atoms with E-state index in [1.807, 2.05) is 24.3 Å². The van der Waals surface area contributed by atoms with Crippen LogP contribution in [0.1, 0.15) is 28.8 Å². The lowest BCUT2D eigenvalue weighted by molar-refractivity contribution is -0.121. The summed E-state index contributed by atoms with van der Waals surface area (Å²) in [6.07, 6.45) is 1.67. The van der Waals surface area contributed by atoms with Gasteiger partial charge in [0.15, 0.2) is 5.13 Å². The van der Waals surface area contributed by atoms with Crippen LogP contribution in [0.3, 0.4) is 0 Å². The van der Waals surface area contributed by atoms with Crippen LogP contribution in [0.4, 0.5) is 15.2 Å². The van der Waals surface area contributed by atoms with Gasteiger partial charge >= 0.3 is 0 Å². The molecule has 1 aliphatic rings. The largest absolute Gasteiger partial charge is 0.326 e. The van der Waals surface area contributed by atoms with E-state index in [9.17, 15) is 14.0 Å². The Morgan fingerprint density at radius 3 is 2.46 bits per heavy atom. The zero-order valence-corrected chi connectivity index (χ0v) is 19.9. The maximum atomic E-state index is 13.1. The van der Waals surface area contributed by atoms with Gasteiger partial charge in [-0.2, -0.15) is 0 Å². The third-order valence-electron chi connectivity index (χ3n) is 6.19. The summed E-state index contributed by atoms with van der Waals surface area (Å²) in [5, 5.41) is 6.25. The molecule has 2 heterocycles. The summed E-state index contributed by atoms with van der Waals surface area (Å²) in [5.41, 5.74) is 3.10. The third kappa shape index (κ3) is 5.72. The van der Waals surface area contributed by atoms with Gasteiger partial charge in [-0.05, 0) is 74.0 Å². The number of halogens is 1. The number of amides is 2. The zero-order chi connectivity index (χ0) is 24.2. The summed E-state index contributed by atoms with van der Waals surface area (Å²) in [7, 11) is 0. The number of carbonyl (C=O) groups excluding carboxylic acids is 2. The molecule has 178 valence electrons. The Morgan fingerprint density at radius 2 is 1.71 bits per heavy atom. The molecular weight excluding hydrogens is 463 g/mol. The number of nitrogens with zero attached hydrogens (tertiary/aromatic N) is 2. The van der Waals surface area contributed by atoms with Crippen LogP contribution in [0.5, 0.6) is 0 Å². The SMILES string of the molecule is O=C(Nc1nc2ccc(NC(=O)C3CCN(Cc4ccccc4)CC3)cc2s1)c1ccc(F)cc1. The van der Waals surface area contributed by atoms with Crippen LogP contribution < -0.4 is 10.6 Å². The fraction of sp³-hybridized carbons (Fsp3) is 0.222. The monoisotopic (exact) mass is 488 g/mol. The third-order valence-corrected chi connectivity index (χ3v) is 7.12. The Hall–Kier alpha value is -3.62. The Bertz CT molecular complexity index is 1330. The van der Waals surface area contributed by atoms with Gasteiger partial charge in [-0.25, -0.2) is 9.37 Å². The molecule has 6 nitrogen and oxygen atoms in total. The van der Waals surface area contributed by atoms with Crippen LogP contribution in [0.15, 0.2) is 72.8 Å². The summed E-state index contributed by atoms with van der Waals surface area (Å²) in [4.78, 5) is 32.1. The van der Waals surface area contributed by atoms with E-state index in [0.29, 0.717) is 16.4 Å². The summed E-state index contributed by atoms with van der Waals surface area (Å²) in [5.74, 6) is -0.715. The molecule has 1 saturated heterocycles. The molecule has 1 aliphatic heterocycles. The number of thiazole rings is 1. The van der Waals surface area contributed by atoms with Gasteiger partial charge in [0.2, 0.25) is 5.91 Å². The number of likely N-dealkylation sites (tertiary alicyclic amines) is 1. The molecule has 8 heteroatoms. The van der Waals surface area contributed by atoms with Crippen molar-refractivity contribution in [1.29, 1.82) is 0 Å². The molecule has 1 aromatic heterocycles. The smallest absolute Gasteiger partial charge is 0.257 e. The average molecular weight is 489 g/mol. The van der Waals surface area contributed by atoms with Gasteiger partial charge in [0.25, 0.3) is 5.91 Å². The first-order valence-corrected chi connectivity index (χ1v) is 12.4. The number of hydrogen-bond donors (Lipinski definition) is 2. The van der Waals surface area contributed by atoms with Gasteiger partial charge in [0, 0.05) is 23.7 Å². The molecular formula is C27H25FN4O2S. The second-order valence-electron chi connectivity index (χ2n) is 8.69. The first-order valence-electron chi connectivity index (χ1n) is 11.6. The number of aromatic nitrogens is 1. The molecule has 0 saturated carbocycles. The van der Waals surface area contributed by atoms with Crippen LogP contribution >= 0.6 is 11.3 Å². The minimum Gasteiger partial charge on any atom is -0.326 e. The van der Waals surface area contributed by atoms with Crippen molar-refractivity contribution in [2.45, 2.75) is 19.4 Å². The van der Waals surface area contributed by atoms with Crippen LogP contribution in [0.2, 0.25) is 0 Å². The highest BCUT2D eigenvalue weighted by atomic mass is 32.1. The second-order valence-corrected chi connectivity index (χ2v) is 9.72. The number of fused-ring (bicyclic) bond motifs is 1. The van der Waals surface area contributed by atoms with Gasteiger partial charge in [-0.15, -0.1) is 0 Å². The van der Waals surface area contributed by atoms with Gasteiger partial charge in [-0.1, -0.05) is 41.7 Å². The van der Waals surface area contributed by atoms with E-state index in [1.54, 1.807) is 0 Å². The average Bonchev–Trinajstić information content (AvgIpc) is 3.27. The van der Waals surface area contributed by atoms with Crippen molar-refractivity contribution >= 4 is 44.2 Å². The molecule has 1 fully saturated rings. The molecule has 2 amide bonds. The lowest BCUT2D eigenvalue weighted by Gasteiger charge is -2.31. The fourth-order valence-electron chi connectivity index (χ4n) is 4.27. The van der Waals surface area contributed by atoms with Crippen molar-refractivity contribution in [3.8, 4) is 0 Å². The maximum absolute atomic E-state index is 13.1. The van der Waals surface area contributed by atoms with Gasteiger partial charge in [0.1, 0.15) is 5.82 Å². The van der Waals surface area contributed by atoms with Crippen LogP contribution in [-0.2, 0) is 11.3 Å². The summed E-state index contributed by atoms with van der Waals surface area (Å²) in [6, 6.07) is 21.3. The predicted octanol–water partition coefficient (Wildman–Crippen LogP) is 5.54. The molecule has 0 aliphatic carbocycles. The van der Waals surface area contributed by atoms with E-state index in [1.165, 1.54) is 41.2 Å². The van der Waals surface area contributed by atoms with Crippen molar-refractivity contribution in [3.05, 3.63) is 89.7 Å². The first-order chi connectivity index (χ1) is 17.0. The molecule has 35 heavy (non-hydrogen) atoms. The van der Waals surface area contributed by atoms with Gasteiger partial charge in [0.05, 0.1) is 10.2 Å². The number of carbonyl (C=O) groups is 2. The van der Waals surface area contributed by atoms with Crippen molar-refractivity contribution < 1.29 is 14.0 Å². The van der Waals surface area contributed by atoms with Crippen molar-refractivity contribution in [3.63, 3.8) is 0 Å². The molecule has 5 rings (SSSR count). The van der Waals surface area contributed by atoms with Crippen LogP contribution in [0.25, 0.3) is 10.2 Å². The molecule has 0 bridgehead atoms. The van der Waals surface area contributed by atoms with E-state index in [2.05, 4.69) is 44.8 Å². The summed E-state index contributed by atoms with van der Waals surface area (Å²) in [6.45, 7) is 2.72. The zero-order valence-electron chi connectivity index (χ0n) is 19.0. The molecule has 0 radical (unpaired) electrons. The number of piperidine rings is 1. The molecule has 4 aromatic rings. The van der Waals surface area contributed by atoms with Crippen LogP contribution in [-0.4, -0.2) is 34.8 Å². The second kappa shape index (κ2) is 10.3. The number of rotatable bonds is 6. The molecule has 3 aromatic carbocycles. The van der Waals surface area contributed by atoms with E-state index < -0.39 is 5.82 Å². The van der Waals surface area contributed by atoms with E-state index in [0.717, 1.165) is 42.7 Å². The topological polar surface area (TPSA) is 74.3 Å². The lowest BCUT2D eigenvalue weighted by Crippen LogP contribution is -2.37. The number of hydrogen-bond acceptors (Lipinski definition) is 5. The molecule has 2 N–H and O–H groups in total. The minimum atomic E-state index is -0.395. The van der Waals surface area contributed by atoms with E-state index >= 15 is 0 Å². The van der Waals surface area contributed by atoms with Crippen molar-refractivity contribution in [2.75, 3.05) is 23.7 Å². The predicted molar refractivity (Wildman–Crippen MR) is 137 cm³/mol. The summed E-state index contributed by atoms with van der Waals surface area (Å²) >= 11 is 1.33. The Kier molecular flexibility index (Phi) is 6.83. The van der Waals surface area contributed by atoms with Crippen molar-refractivity contribution in [2.24, 2.45) is 5.92 Å². The highest BCUT2D eigenvalue weighted by Gasteiger charge is 2.25. The maximum Gasteiger partial charge on any atom is 0.257 e. The molecule has 0 unspecified atom stereocenters. The Labute approximate surface area is 206 Å². The lowest BCUT2D eigenvalue weighted by atomic mass is 9.95. The standard InChI is InChI=1S/C27H25FN4O2S/c28-21-8-6-19(7-9-21)26(34)31-27-30-23-11-10-22(16-24(23)35-27)29-25(33)20-12-14-32(15-13-20)17-18-4-2-1-3-5-18/h1-11,16,20H,12-15,17H2,(H,29,33)(H,30,31,34). The highest BCUT2D eigenvalue weighted by molar-refractivity contribution is 7.22. The number of anilines is 2.